The molecule has 1 fully saturated rings. The van der Waals surface area contributed by atoms with Crippen LogP contribution in [0.5, 0.6) is 11.5 Å². The highest BCUT2D eigenvalue weighted by Gasteiger charge is 2.13. The number of nitrogens with one attached hydrogen (secondary N) is 1. The fourth-order valence-corrected chi connectivity index (χ4v) is 4.47. The van der Waals surface area contributed by atoms with Crippen LogP contribution < -0.4 is 14.8 Å². The average Bonchev–Trinajstić information content (AvgIpc) is 2.66. The molecule has 0 heterocycles. The minimum absolute atomic E-state index is 0.126. The monoisotopic (exact) mass is 379 g/mol. The second kappa shape index (κ2) is 12.1. The van der Waals surface area contributed by atoms with E-state index in [2.05, 4.69) is 5.32 Å². The standard InChI is InChI=1S/C21H33NO3S/c1-3-24-19-12-10-17(16-20(19)25-4-2)11-13-21(23)22-14-15-26-18-8-6-5-7-9-18/h10,12,16,18H,3-9,11,13-15H2,1-2H3,(H,22,23). The molecule has 1 N–H and O–H groups in total. The Labute approximate surface area is 162 Å². The average molecular weight is 380 g/mol. The van der Waals surface area contributed by atoms with Gasteiger partial charge in [0.1, 0.15) is 0 Å². The zero-order chi connectivity index (χ0) is 18.6. The summed E-state index contributed by atoms with van der Waals surface area (Å²) >= 11 is 2.02. The van der Waals surface area contributed by atoms with Gasteiger partial charge in [0, 0.05) is 24.0 Å². The Morgan fingerprint density at radius 3 is 2.58 bits per heavy atom. The molecular formula is C21H33NO3S. The molecule has 146 valence electrons. The first kappa shape index (κ1) is 20.9. The van der Waals surface area contributed by atoms with Crippen LogP contribution in [-0.2, 0) is 11.2 Å². The van der Waals surface area contributed by atoms with Gasteiger partial charge in [0.05, 0.1) is 13.2 Å². The van der Waals surface area contributed by atoms with Crippen LogP contribution in [0.1, 0.15) is 57.9 Å². The molecule has 0 radical (unpaired) electrons. The van der Waals surface area contributed by atoms with Crippen molar-refractivity contribution in [3.05, 3.63) is 23.8 Å². The van der Waals surface area contributed by atoms with E-state index in [1.807, 2.05) is 43.8 Å². The van der Waals surface area contributed by atoms with Crippen LogP contribution in [0.15, 0.2) is 18.2 Å². The summed E-state index contributed by atoms with van der Waals surface area (Å²) in [6, 6.07) is 5.93. The number of amides is 1. The zero-order valence-corrected chi connectivity index (χ0v) is 17.0. The summed E-state index contributed by atoms with van der Waals surface area (Å²) in [5, 5.41) is 3.86. The fourth-order valence-electron chi connectivity index (χ4n) is 3.25. The number of hydrogen-bond acceptors (Lipinski definition) is 4. The molecule has 0 saturated heterocycles. The van der Waals surface area contributed by atoms with Crippen molar-refractivity contribution in [2.45, 2.75) is 64.0 Å². The summed E-state index contributed by atoms with van der Waals surface area (Å²) in [4.78, 5) is 12.1. The summed E-state index contributed by atoms with van der Waals surface area (Å²) in [5.74, 6) is 2.67. The third-order valence-electron chi connectivity index (χ3n) is 4.58. The topological polar surface area (TPSA) is 47.6 Å². The number of carbonyl (C=O) groups is 1. The van der Waals surface area contributed by atoms with Crippen LogP contribution in [-0.4, -0.2) is 36.7 Å². The maximum absolute atomic E-state index is 12.1. The number of hydrogen-bond donors (Lipinski definition) is 1. The highest BCUT2D eigenvalue weighted by Crippen LogP contribution is 2.29. The van der Waals surface area contributed by atoms with E-state index in [1.54, 1.807) is 0 Å². The van der Waals surface area contributed by atoms with Gasteiger partial charge in [0.2, 0.25) is 5.91 Å². The van der Waals surface area contributed by atoms with Crippen molar-refractivity contribution in [3.8, 4) is 11.5 Å². The SMILES string of the molecule is CCOc1ccc(CCC(=O)NCCSC2CCCCC2)cc1OCC. The van der Waals surface area contributed by atoms with E-state index in [9.17, 15) is 4.79 Å². The molecule has 2 rings (SSSR count). The minimum Gasteiger partial charge on any atom is -0.490 e. The van der Waals surface area contributed by atoms with Crippen molar-refractivity contribution in [2.24, 2.45) is 0 Å². The lowest BCUT2D eigenvalue weighted by Crippen LogP contribution is -2.26. The van der Waals surface area contributed by atoms with Crippen LogP contribution in [0.3, 0.4) is 0 Å². The molecule has 1 saturated carbocycles. The van der Waals surface area contributed by atoms with Crippen LogP contribution in [0.4, 0.5) is 0 Å². The number of carbonyl (C=O) groups excluding carboxylic acids is 1. The van der Waals surface area contributed by atoms with Crippen LogP contribution in [0, 0.1) is 0 Å². The summed E-state index contributed by atoms with van der Waals surface area (Å²) in [6.45, 7) is 5.90. The molecule has 0 spiro atoms. The molecule has 4 nitrogen and oxygen atoms in total. The second-order valence-electron chi connectivity index (χ2n) is 6.63. The Morgan fingerprint density at radius 1 is 1.12 bits per heavy atom. The van der Waals surface area contributed by atoms with Gasteiger partial charge in [-0.1, -0.05) is 25.3 Å². The molecule has 0 unspecified atom stereocenters. The Kier molecular flexibility index (Phi) is 9.75. The lowest BCUT2D eigenvalue weighted by Gasteiger charge is -2.20. The van der Waals surface area contributed by atoms with Gasteiger partial charge in [0.25, 0.3) is 0 Å². The predicted molar refractivity (Wildman–Crippen MR) is 109 cm³/mol. The lowest BCUT2D eigenvalue weighted by molar-refractivity contribution is -0.120. The quantitative estimate of drug-likeness (QED) is 0.571. The first-order valence-electron chi connectivity index (χ1n) is 9.99. The van der Waals surface area contributed by atoms with Crippen LogP contribution >= 0.6 is 11.8 Å². The van der Waals surface area contributed by atoms with E-state index in [1.165, 1.54) is 32.1 Å². The molecular weight excluding hydrogens is 346 g/mol. The number of thioether (sulfide) groups is 1. The number of ether oxygens (including phenoxy) is 2. The van der Waals surface area contributed by atoms with E-state index in [-0.39, 0.29) is 5.91 Å². The molecule has 1 aromatic carbocycles. The Bertz CT molecular complexity index is 544. The molecule has 26 heavy (non-hydrogen) atoms. The predicted octanol–water partition coefficient (Wildman–Crippen LogP) is 4.60. The van der Waals surface area contributed by atoms with Crippen molar-refractivity contribution < 1.29 is 14.3 Å². The summed E-state index contributed by atoms with van der Waals surface area (Å²) in [5.41, 5.74) is 1.10. The first-order chi connectivity index (χ1) is 12.7. The maximum Gasteiger partial charge on any atom is 0.220 e. The summed E-state index contributed by atoms with van der Waals surface area (Å²) < 4.78 is 11.2. The van der Waals surface area contributed by atoms with E-state index in [4.69, 9.17) is 9.47 Å². The van der Waals surface area contributed by atoms with Gasteiger partial charge in [-0.05, 0) is 50.8 Å². The summed E-state index contributed by atoms with van der Waals surface area (Å²) in [7, 11) is 0. The number of aryl methyl sites for hydroxylation is 1. The van der Waals surface area contributed by atoms with Gasteiger partial charge in [-0.3, -0.25) is 4.79 Å². The highest BCUT2D eigenvalue weighted by molar-refractivity contribution is 7.99. The van der Waals surface area contributed by atoms with Crippen LogP contribution in [0.2, 0.25) is 0 Å². The normalized spacial score (nSPS) is 14.8. The molecule has 5 heteroatoms. The van der Waals surface area contributed by atoms with Gasteiger partial charge in [0.15, 0.2) is 11.5 Å². The van der Waals surface area contributed by atoms with Crippen molar-refractivity contribution in [3.63, 3.8) is 0 Å². The Hall–Kier alpha value is -1.36. The van der Waals surface area contributed by atoms with Crippen LogP contribution in [0.25, 0.3) is 0 Å². The van der Waals surface area contributed by atoms with E-state index in [0.29, 0.717) is 26.1 Å². The van der Waals surface area contributed by atoms with E-state index < -0.39 is 0 Å². The fraction of sp³-hybridized carbons (Fsp3) is 0.667. The number of rotatable bonds is 11. The van der Waals surface area contributed by atoms with Crippen molar-refractivity contribution in [2.75, 3.05) is 25.5 Å². The maximum atomic E-state index is 12.1. The second-order valence-corrected chi connectivity index (χ2v) is 8.04. The molecule has 1 aromatic rings. The lowest BCUT2D eigenvalue weighted by atomic mass is 10.0. The largest absolute Gasteiger partial charge is 0.490 e. The molecule has 1 aliphatic carbocycles. The summed E-state index contributed by atoms with van der Waals surface area (Å²) in [6.07, 6.45) is 8.05. The van der Waals surface area contributed by atoms with E-state index in [0.717, 1.165) is 34.6 Å². The van der Waals surface area contributed by atoms with Gasteiger partial charge in [-0.25, -0.2) is 0 Å². The van der Waals surface area contributed by atoms with Crippen molar-refractivity contribution in [1.29, 1.82) is 0 Å². The molecule has 0 aromatic heterocycles. The minimum atomic E-state index is 0.126. The zero-order valence-electron chi connectivity index (χ0n) is 16.2. The molecule has 0 bridgehead atoms. The van der Waals surface area contributed by atoms with E-state index >= 15 is 0 Å². The van der Waals surface area contributed by atoms with Gasteiger partial charge in [-0.2, -0.15) is 11.8 Å². The first-order valence-corrected chi connectivity index (χ1v) is 11.0. The third kappa shape index (κ3) is 7.48. The smallest absolute Gasteiger partial charge is 0.220 e. The molecule has 1 aliphatic rings. The van der Waals surface area contributed by atoms with Crippen molar-refractivity contribution >= 4 is 17.7 Å². The Morgan fingerprint density at radius 2 is 1.85 bits per heavy atom. The third-order valence-corrected chi connectivity index (χ3v) is 5.96. The molecule has 0 aliphatic heterocycles. The van der Waals surface area contributed by atoms with Gasteiger partial charge in [-0.15, -0.1) is 0 Å². The number of benzene rings is 1. The highest BCUT2D eigenvalue weighted by atomic mass is 32.2. The Balaban J connectivity index is 1.68. The molecule has 1 amide bonds. The molecule has 0 atom stereocenters. The van der Waals surface area contributed by atoms with Crippen molar-refractivity contribution in [1.82, 2.24) is 5.32 Å². The van der Waals surface area contributed by atoms with Gasteiger partial charge >= 0.3 is 0 Å². The van der Waals surface area contributed by atoms with Gasteiger partial charge < -0.3 is 14.8 Å².